The van der Waals surface area contributed by atoms with Crippen LogP contribution in [0.2, 0.25) is 5.02 Å². The van der Waals surface area contributed by atoms with Gasteiger partial charge in [0.05, 0.1) is 12.7 Å². The molecule has 6 nitrogen and oxygen atoms in total. The van der Waals surface area contributed by atoms with Crippen LogP contribution in [0, 0.1) is 0 Å². The minimum absolute atomic E-state index is 0. The molecule has 1 aromatic carbocycles. The molecular formula is C20H27ClIN5O. The van der Waals surface area contributed by atoms with E-state index in [1.807, 2.05) is 30.5 Å². The van der Waals surface area contributed by atoms with E-state index in [0.717, 1.165) is 47.6 Å². The largest absolute Gasteiger partial charge is 0.375 e. The number of benzene rings is 1. The summed E-state index contributed by atoms with van der Waals surface area (Å²) in [5, 5.41) is 7.33. The molecule has 0 amide bonds. The number of nitrogens with zero attached hydrogens (tertiary/aromatic N) is 3. The second-order valence-electron chi connectivity index (χ2n) is 6.52. The molecule has 1 atom stereocenters. The molecule has 1 aromatic heterocycles. The Labute approximate surface area is 188 Å². The lowest BCUT2D eigenvalue weighted by atomic mass is 10.2. The molecule has 152 valence electrons. The predicted octanol–water partition coefficient (Wildman–Crippen LogP) is 3.44. The number of hydrogen-bond acceptors (Lipinski definition) is 4. The summed E-state index contributed by atoms with van der Waals surface area (Å²) in [6.07, 6.45) is 2.15. The molecule has 2 heterocycles. The fourth-order valence-electron chi connectivity index (χ4n) is 2.96. The summed E-state index contributed by atoms with van der Waals surface area (Å²) in [7, 11) is 1.75. The molecular weight excluding hydrogens is 489 g/mol. The van der Waals surface area contributed by atoms with Gasteiger partial charge < -0.3 is 20.3 Å². The maximum Gasteiger partial charge on any atom is 0.191 e. The third-order valence-electron chi connectivity index (χ3n) is 4.46. The summed E-state index contributed by atoms with van der Waals surface area (Å²) in [6, 6.07) is 11.9. The molecule has 3 rings (SSSR count). The molecule has 0 saturated carbocycles. The van der Waals surface area contributed by atoms with Gasteiger partial charge in [-0.05, 0) is 30.2 Å². The van der Waals surface area contributed by atoms with Gasteiger partial charge in [0.15, 0.2) is 5.96 Å². The lowest BCUT2D eigenvalue weighted by Crippen LogP contribution is -2.41. The van der Waals surface area contributed by atoms with Crippen molar-refractivity contribution < 1.29 is 4.74 Å². The first-order valence-electron chi connectivity index (χ1n) is 9.15. The molecule has 1 aliphatic heterocycles. The number of ether oxygens (including phenoxy) is 1. The van der Waals surface area contributed by atoms with Crippen molar-refractivity contribution >= 4 is 47.4 Å². The summed E-state index contributed by atoms with van der Waals surface area (Å²) in [6.45, 7) is 5.86. The lowest BCUT2D eigenvalue weighted by Gasteiger charge is -2.32. The van der Waals surface area contributed by atoms with E-state index >= 15 is 0 Å². The van der Waals surface area contributed by atoms with Gasteiger partial charge in [0.1, 0.15) is 5.82 Å². The van der Waals surface area contributed by atoms with Gasteiger partial charge in [-0.15, -0.1) is 24.0 Å². The van der Waals surface area contributed by atoms with E-state index in [1.165, 1.54) is 0 Å². The first-order chi connectivity index (χ1) is 13.2. The van der Waals surface area contributed by atoms with E-state index in [0.29, 0.717) is 13.1 Å². The fraction of sp³-hybridized carbons (Fsp3) is 0.400. The van der Waals surface area contributed by atoms with E-state index in [4.69, 9.17) is 16.3 Å². The van der Waals surface area contributed by atoms with Crippen LogP contribution >= 0.6 is 35.6 Å². The fourth-order valence-corrected chi connectivity index (χ4v) is 3.16. The molecule has 28 heavy (non-hydrogen) atoms. The first kappa shape index (κ1) is 22.7. The molecule has 8 heteroatoms. The number of nitrogens with one attached hydrogen (secondary N) is 2. The highest BCUT2D eigenvalue weighted by Gasteiger charge is 2.17. The highest BCUT2D eigenvalue weighted by molar-refractivity contribution is 14.0. The van der Waals surface area contributed by atoms with Gasteiger partial charge in [-0.2, -0.15) is 0 Å². The molecule has 1 unspecified atom stereocenters. The van der Waals surface area contributed by atoms with Gasteiger partial charge in [-0.25, -0.2) is 4.98 Å². The van der Waals surface area contributed by atoms with Crippen molar-refractivity contribution in [2.24, 2.45) is 4.99 Å². The van der Waals surface area contributed by atoms with Crippen LogP contribution < -0.4 is 15.5 Å². The molecule has 1 saturated heterocycles. The number of aliphatic imine (C=N–C) groups is 1. The highest BCUT2D eigenvalue weighted by Crippen LogP contribution is 2.16. The molecule has 0 aliphatic carbocycles. The number of aromatic nitrogens is 1. The average molecular weight is 516 g/mol. The Kier molecular flexibility index (Phi) is 9.27. The van der Waals surface area contributed by atoms with E-state index in [2.05, 4.69) is 44.6 Å². The van der Waals surface area contributed by atoms with Crippen molar-refractivity contribution in [2.75, 3.05) is 31.6 Å². The lowest BCUT2D eigenvalue weighted by molar-refractivity contribution is 0.0529. The molecule has 2 N–H and O–H groups in total. The number of guanidine groups is 1. The summed E-state index contributed by atoms with van der Waals surface area (Å²) in [4.78, 5) is 11.1. The molecule has 0 spiro atoms. The molecule has 0 bridgehead atoms. The van der Waals surface area contributed by atoms with Gasteiger partial charge in [0.2, 0.25) is 0 Å². The van der Waals surface area contributed by atoms with Crippen molar-refractivity contribution in [3.8, 4) is 0 Å². The summed E-state index contributed by atoms with van der Waals surface area (Å²) in [5.74, 6) is 1.72. The van der Waals surface area contributed by atoms with Crippen LogP contribution in [-0.4, -0.2) is 43.8 Å². The van der Waals surface area contributed by atoms with Gasteiger partial charge in [0.25, 0.3) is 0 Å². The summed E-state index contributed by atoms with van der Waals surface area (Å²) >= 11 is 6.19. The Bertz CT molecular complexity index is 771. The van der Waals surface area contributed by atoms with Crippen LogP contribution in [0.15, 0.2) is 47.6 Å². The van der Waals surface area contributed by atoms with Crippen LogP contribution in [0.3, 0.4) is 0 Å². The minimum Gasteiger partial charge on any atom is -0.375 e. The maximum absolute atomic E-state index is 6.19. The summed E-state index contributed by atoms with van der Waals surface area (Å²) in [5.41, 5.74) is 2.13. The Morgan fingerprint density at radius 2 is 2.04 bits per heavy atom. The Balaban J connectivity index is 0.00000280. The Hall–Kier alpha value is -1.58. The zero-order chi connectivity index (χ0) is 19.1. The monoisotopic (exact) mass is 515 g/mol. The van der Waals surface area contributed by atoms with Crippen LogP contribution in [0.1, 0.15) is 18.1 Å². The van der Waals surface area contributed by atoms with Gasteiger partial charge in [-0.3, -0.25) is 4.99 Å². The average Bonchev–Trinajstić information content (AvgIpc) is 2.70. The topological polar surface area (TPSA) is 61.8 Å². The number of morpholine rings is 1. The van der Waals surface area contributed by atoms with Gasteiger partial charge in [0, 0.05) is 44.4 Å². The molecule has 2 aromatic rings. The summed E-state index contributed by atoms with van der Waals surface area (Å²) < 4.78 is 5.58. The van der Waals surface area contributed by atoms with Crippen molar-refractivity contribution in [3.63, 3.8) is 0 Å². The Morgan fingerprint density at radius 1 is 1.25 bits per heavy atom. The second-order valence-corrected chi connectivity index (χ2v) is 6.93. The number of pyridine rings is 1. The van der Waals surface area contributed by atoms with Crippen LogP contribution in [-0.2, 0) is 17.8 Å². The van der Waals surface area contributed by atoms with E-state index in [1.54, 1.807) is 7.05 Å². The van der Waals surface area contributed by atoms with Gasteiger partial charge >= 0.3 is 0 Å². The molecule has 1 fully saturated rings. The highest BCUT2D eigenvalue weighted by atomic mass is 127. The van der Waals surface area contributed by atoms with Crippen LogP contribution in [0.5, 0.6) is 0 Å². The number of halogens is 2. The zero-order valence-electron chi connectivity index (χ0n) is 16.2. The van der Waals surface area contributed by atoms with Crippen molar-refractivity contribution in [1.82, 2.24) is 15.6 Å². The quantitative estimate of drug-likeness (QED) is 0.363. The van der Waals surface area contributed by atoms with Crippen molar-refractivity contribution in [2.45, 2.75) is 26.1 Å². The standard InChI is InChI=1S/C20H26ClN5O.HI/c1-15-14-26(9-10-27-15)19-8-7-16(11-23-19)12-24-20(22-2)25-13-17-5-3-4-6-18(17)21;/h3-8,11,15H,9-10,12-14H2,1-2H3,(H2,22,24,25);1H. The zero-order valence-corrected chi connectivity index (χ0v) is 19.3. The van der Waals surface area contributed by atoms with E-state index in [9.17, 15) is 0 Å². The minimum atomic E-state index is 0. The molecule has 1 aliphatic rings. The predicted molar refractivity (Wildman–Crippen MR) is 126 cm³/mol. The van der Waals surface area contributed by atoms with Crippen molar-refractivity contribution in [3.05, 3.63) is 58.7 Å². The number of hydrogen-bond donors (Lipinski definition) is 2. The SMILES string of the molecule is CN=C(NCc1ccc(N2CCOC(C)C2)nc1)NCc1ccccc1Cl.I. The van der Waals surface area contributed by atoms with Crippen molar-refractivity contribution in [1.29, 1.82) is 0 Å². The second kappa shape index (κ2) is 11.4. The third kappa shape index (κ3) is 6.49. The number of rotatable bonds is 5. The smallest absolute Gasteiger partial charge is 0.191 e. The first-order valence-corrected chi connectivity index (χ1v) is 9.53. The van der Waals surface area contributed by atoms with Crippen LogP contribution in [0.4, 0.5) is 5.82 Å². The molecule has 0 radical (unpaired) electrons. The maximum atomic E-state index is 6.19. The number of anilines is 1. The van der Waals surface area contributed by atoms with E-state index in [-0.39, 0.29) is 30.1 Å². The normalized spacial score (nSPS) is 17.0. The third-order valence-corrected chi connectivity index (χ3v) is 4.83. The van der Waals surface area contributed by atoms with Gasteiger partial charge in [-0.1, -0.05) is 35.9 Å². The van der Waals surface area contributed by atoms with Crippen LogP contribution in [0.25, 0.3) is 0 Å². The Morgan fingerprint density at radius 3 is 2.71 bits per heavy atom. The van der Waals surface area contributed by atoms with E-state index < -0.39 is 0 Å².